The number of hydrogen-bond donors (Lipinski definition) is 1. The predicted molar refractivity (Wildman–Crippen MR) is 89.2 cm³/mol. The molecule has 0 saturated carbocycles. The molecular weight excluding hydrogens is 330 g/mol. The SMILES string of the molecule is CCOc1ccc(NC(=O)c2cc(C)ccc2Br)c(C)c1. The zero-order valence-electron chi connectivity index (χ0n) is 12.4. The zero-order valence-corrected chi connectivity index (χ0v) is 14.0. The summed E-state index contributed by atoms with van der Waals surface area (Å²) in [5, 5.41) is 2.94. The Labute approximate surface area is 133 Å². The number of carbonyl (C=O) groups is 1. The molecule has 0 aliphatic heterocycles. The maximum Gasteiger partial charge on any atom is 0.256 e. The normalized spacial score (nSPS) is 10.3. The second-order valence-electron chi connectivity index (χ2n) is 4.85. The molecule has 0 radical (unpaired) electrons. The molecular formula is C17H18BrNO2. The van der Waals surface area contributed by atoms with Crippen molar-refractivity contribution in [1.29, 1.82) is 0 Å². The third-order valence-electron chi connectivity index (χ3n) is 3.12. The van der Waals surface area contributed by atoms with Crippen molar-refractivity contribution in [2.75, 3.05) is 11.9 Å². The van der Waals surface area contributed by atoms with Crippen LogP contribution in [0.5, 0.6) is 5.75 Å². The summed E-state index contributed by atoms with van der Waals surface area (Å²) in [5.41, 5.74) is 3.44. The molecule has 2 aromatic rings. The lowest BCUT2D eigenvalue weighted by Crippen LogP contribution is -2.13. The number of anilines is 1. The molecule has 1 N–H and O–H groups in total. The number of nitrogens with one attached hydrogen (secondary N) is 1. The second kappa shape index (κ2) is 6.76. The number of aryl methyl sites for hydroxylation is 2. The Balaban J connectivity index is 2.21. The molecule has 0 aliphatic carbocycles. The van der Waals surface area contributed by atoms with Crippen molar-refractivity contribution in [2.45, 2.75) is 20.8 Å². The van der Waals surface area contributed by atoms with Crippen LogP contribution in [0.2, 0.25) is 0 Å². The van der Waals surface area contributed by atoms with E-state index in [0.29, 0.717) is 12.2 Å². The molecule has 110 valence electrons. The molecule has 0 saturated heterocycles. The van der Waals surface area contributed by atoms with E-state index in [0.717, 1.165) is 27.0 Å². The summed E-state index contributed by atoms with van der Waals surface area (Å²) in [6.07, 6.45) is 0. The minimum absolute atomic E-state index is 0.127. The van der Waals surface area contributed by atoms with Crippen molar-refractivity contribution in [3.63, 3.8) is 0 Å². The number of amides is 1. The van der Waals surface area contributed by atoms with Gasteiger partial charge in [-0.25, -0.2) is 0 Å². The van der Waals surface area contributed by atoms with Gasteiger partial charge in [-0.05, 0) is 72.6 Å². The summed E-state index contributed by atoms with van der Waals surface area (Å²) in [6, 6.07) is 11.4. The topological polar surface area (TPSA) is 38.3 Å². The number of benzene rings is 2. The van der Waals surface area contributed by atoms with E-state index in [4.69, 9.17) is 4.74 Å². The van der Waals surface area contributed by atoms with E-state index in [1.165, 1.54) is 0 Å². The van der Waals surface area contributed by atoms with Gasteiger partial charge in [-0.2, -0.15) is 0 Å². The van der Waals surface area contributed by atoms with Crippen molar-refractivity contribution < 1.29 is 9.53 Å². The van der Waals surface area contributed by atoms with Crippen molar-refractivity contribution in [1.82, 2.24) is 0 Å². The van der Waals surface area contributed by atoms with Crippen molar-refractivity contribution in [3.05, 3.63) is 57.6 Å². The number of carbonyl (C=O) groups excluding carboxylic acids is 1. The Hall–Kier alpha value is -1.81. The summed E-state index contributed by atoms with van der Waals surface area (Å²) in [7, 11) is 0. The molecule has 0 spiro atoms. The monoisotopic (exact) mass is 347 g/mol. The maximum absolute atomic E-state index is 12.4. The van der Waals surface area contributed by atoms with E-state index >= 15 is 0 Å². The first-order chi connectivity index (χ1) is 10.0. The summed E-state index contributed by atoms with van der Waals surface area (Å²) in [6.45, 7) is 6.48. The Morgan fingerprint density at radius 2 is 1.95 bits per heavy atom. The van der Waals surface area contributed by atoms with Gasteiger partial charge < -0.3 is 10.1 Å². The van der Waals surface area contributed by atoms with E-state index < -0.39 is 0 Å². The van der Waals surface area contributed by atoms with Crippen molar-refractivity contribution in [2.24, 2.45) is 0 Å². The van der Waals surface area contributed by atoms with Gasteiger partial charge in [0.15, 0.2) is 0 Å². The lowest BCUT2D eigenvalue weighted by Gasteiger charge is -2.12. The Morgan fingerprint density at radius 3 is 2.62 bits per heavy atom. The largest absolute Gasteiger partial charge is 0.494 e. The number of halogens is 1. The third kappa shape index (κ3) is 3.85. The van der Waals surface area contributed by atoms with Gasteiger partial charge in [-0.3, -0.25) is 4.79 Å². The highest BCUT2D eigenvalue weighted by Gasteiger charge is 2.12. The first-order valence-electron chi connectivity index (χ1n) is 6.82. The van der Waals surface area contributed by atoms with E-state index in [1.807, 2.05) is 57.2 Å². The molecule has 2 aromatic carbocycles. The fraction of sp³-hybridized carbons (Fsp3) is 0.235. The van der Waals surface area contributed by atoms with Crippen molar-refractivity contribution in [3.8, 4) is 5.75 Å². The molecule has 0 bridgehead atoms. The van der Waals surface area contributed by atoms with E-state index in [2.05, 4.69) is 21.2 Å². The molecule has 0 unspecified atom stereocenters. The molecule has 4 heteroatoms. The fourth-order valence-corrected chi connectivity index (χ4v) is 2.46. The average molecular weight is 348 g/mol. The molecule has 3 nitrogen and oxygen atoms in total. The minimum Gasteiger partial charge on any atom is -0.494 e. The highest BCUT2D eigenvalue weighted by Crippen LogP contribution is 2.24. The molecule has 2 rings (SSSR count). The first kappa shape index (κ1) is 15.6. The smallest absolute Gasteiger partial charge is 0.256 e. The van der Waals surface area contributed by atoms with Gasteiger partial charge in [0.2, 0.25) is 0 Å². The van der Waals surface area contributed by atoms with Gasteiger partial charge in [0.1, 0.15) is 5.75 Å². The van der Waals surface area contributed by atoms with Crippen LogP contribution >= 0.6 is 15.9 Å². The summed E-state index contributed by atoms with van der Waals surface area (Å²) in [5.74, 6) is 0.683. The van der Waals surface area contributed by atoms with Gasteiger partial charge in [0.05, 0.1) is 12.2 Å². The van der Waals surface area contributed by atoms with E-state index in [-0.39, 0.29) is 5.91 Å². The molecule has 0 fully saturated rings. The zero-order chi connectivity index (χ0) is 15.4. The van der Waals surface area contributed by atoms with Crippen LogP contribution in [0, 0.1) is 13.8 Å². The predicted octanol–water partition coefficient (Wildman–Crippen LogP) is 4.72. The van der Waals surface area contributed by atoms with Crippen LogP contribution < -0.4 is 10.1 Å². The van der Waals surface area contributed by atoms with E-state index in [9.17, 15) is 4.79 Å². The van der Waals surface area contributed by atoms with Crippen LogP contribution in [-0.2, 0) is 0 Å². The number of rotatable bonds is 4. The number of ether oxygens (including phenoxy) is 1. The van der Waals surface area contributed by atoms with Gasteiger partial charge >= 0.3 is 0 Å². The average Bonchev–Trinajstić information content (AvgIpc) is 2.44. The molecule has 0 aromatic heterocycles. The fourth-order valence-electron chi connectivity index (χ4n) is 2.04. The van der Waals surface area contributed by atoms with Crippen LogP contribution in [0.4, 0.5) is 5.69 Å². The summed E-state index contributed by atoms with van der Waals surface area (Å²) < 4.78 is 6.23. The standard InChI is InChI=1S/C17H18BrNO2/c1-4-21-13-6-8-16(12(3)10-13)19-17(20)14-9-11(2)5-7-15(14)18/h5-10H,4H2,1-3H3,(H,19,20). The summed E-state index contributed by atoms with van der Waals surface area (Å²) >= 11 is 3.41. The van der Waals surface area contributed by atoms with Crippen LogP contribution in [-0.4, -0.2) is 12.5 Å². The highest BCUT2D eigenvalue weighted by atomic mass is 79.9. The number of hydrogen-bond acceptors (Lipinski definition) is 2. The van der Waals surface area contributed by atoms with E-state index in [1.54, 1.807) is 0 Å². The lowest BCUT2D eigenvalue weighted by atomic mass is 10.1. The third-order valence-corrected chi connectivity index (χ3v) is 3.82. The second-order valence-corrected chi connectivity index (χ2v) is 5.70. The van der Waals surface area contributed by atoms with Crippen LogP contribution in [0.15, 0.2) is 40.9 Å². The molecule has 0 heterocycles. The van der Waals surface area contributed by atoms with Crippen LogP contribution in [0.1, 0.15) is 28.4 Å². The van der Waals surface area contributed by atoms with Gasteiger partial charge in [-0.15, -0.1) is 0 Å². The first-order valence-corrected chi connectivity index (χ1v) is 7.61. The molecule has 21 heavy (non-hydrogen) atoms. The van der Waals surface area contributed by atoms with Crippen LogP contribution in [0.3, 0.4) is 0 Å². The Kier molecular flexibility index (Phi) is 5.02. The molecule has 1 amide bonds. The van der Waals surface area contributed by atoms with Gasteiger partial charge in [0, 0.05) is 10.2 Å². The molecule has 0 atom stereocenters. The highest BCUT2D eigenvalue weighted by molar-refractivity contribution is 9.10. The Bertz CT molecular complexity index is 668. The summed E-state index contributed by atoms with van der Waals surface area (Å²) in [4.78, 5) is 12.4. The lowest BCUT2D eigenvalue weighted by molar-refractivity contribution is 0.102. The van der Waals surface area contributed by atoms with Crippen LogP contribution in [0.25, 0.3) is 0 Å². The Morgan fingerprint density at radius 1 is 1.19 bits per heavy atom. The molecule has 0 aliphatic rings. The maximum atomic E-state index is 12.4. The quantitative estimate of drug-likeness (QED) is 0.868. The minimum atomic E-state index is -0.127. The van der Waals surface area contributed by atoms with Gasteiger partial charge in [-0.1, -0.05) is 11.6 Å². The van der Waals surface area contributed by atoms with Gasteiger partial charge in [0.25, 0.3) is 5.91 Å². The van der Waals surface area contributed by atoms with Crippen molar-refractivity contribution >= 4 is 27.5 Å².